The summed E-state index contributed by atoms with van der Waals surface area (Å²) < 4.78 is 26.4. The first-order chi connectivity index (χ1) is 9.87. The zero-order valence-electron chi connectivity index (χ0n) is 12.5. The molecular formula is C14H22ClN3O3S. The number of anilines is 1. The molecule has 1 fully saturated rings. The zero-order valence-corrected chi connectivity index (χ0v) is 14.1. The molecule has 0 bridgehead atoms. The Morgan fingerprint density at radius 2 is 2.05 bits per heavy atom. The van der Waals surface area contributed by atoms with Crippen LogP contribution < -0.4 is 15.8 Å². The van der Waals surface area contributed by atoms with Gasteiger partial charge in [-0.05, 0) is 31.0 Å². The Kier molecular flexibility index (Phi) is 6.37. The lowest BCUT2D eigenvalue weighted by Gasteiger charge is -2.36. The number of hydrogen-bond acceptors (Lipinski definition) is 4. The summed E-state index contributed by atoms with van der Waals surface area (Å²) in [6.45, 7) is 2.33. The summed E-state index contributed by atoms with van der Waals surface area (Å²) in [6, 6.07) is 6.23. The second kappa shape index (κ2) is 7.41. The lowest BCUT2D eigenvalue weighted by atomic mass is 9.70. The van der Waals surface area contributed by atoms with E-state index >= 15 is 0 Å². The molecule has 0 heterocycles. The van der Waals surface area contributed by atoms with E-state index in [0.29, 0.717) is 5.69 Å². The number of nitrogens with two attached hydrogens (primary N) is 1. The van der Waals surface area contributed by atoms with Gasteiger partial charge in [-0.15, -0.1) is 12.4 Å². The summed E-state index contributed by atoms with van der Waals surface area (Å²) in [7, 11) is -3.59. The summed E-state index contributed by atoms with van der Waals surface area (Å²) in [5.74, 6) is -0.0572. The maximum Gasteiger partial charge on any atom is 0.240 e. The minimum absolute atomic E-state index is 0. The maximum absolute atomic E-state index is 12.2. The van der Waals surface area contributed by atoms with Crippen LogP contribution in [0.25, 0.3) is 0 Å². The molecule has 1 saturated carbocycles. The first-order valence-electron chi connectivity index (χ1n) is 6.99. The molecule has 0 saturated heterocycles. The van der Waals surface area contributed by atoms with E-state index in [9.17, 15) is 13.2 Å². The van der Waals surface area contributed by atoms with E-state index in [2.05, 4.69) is 10.0 Å². The van der Waals surface area contributed by atoms with Crippen LogP contribution in [0.4, 0.5) is 5.69 Å². The Morgan fingerprint density at radius 3 is 2.59 bits per heavy atom. The molecule has 1 aliphatic rings. The Hall–Kier alpha value is -1.15. The lowest BCUT2D eigenvalue weighted by molar-refractivity contribution is -0.128. The topological polar surface area (TPSA) is 101 Å². The molecule has 0 atom stereocenters. The van der Waals surface area contributed by atoms with Gasteiger partial charge in [0.2, 0.25) is 15.9 Å². The number of rotatable bonds is 6. The minimum atomic E-state index is -3.59. The largest absolute Gasteiger partial charge is 0.329 e. The highest BCUT2D eigenvalue weighted by molar-refractivity contribution is 7.89. The molecule has 22 heavy (non-hydrogen) atoms. The van der Waals surface area contributed by atoms with Gasteiger partial charge < -0.3 is 11.1 Å². The summed E-state index contributed by atoms with van der Waals surface area (Å²) >= 11 is 0. The van der Waals surface area contributed by atoms with Crippen molar-refractivity contribution in [3.05, 3.63) is 24.3 Å². The van der Waals surface area contributed by atoms with E-state index in [4.69, 9.17) is 5.73 Å². The number of benzene rings is 1. The molecule has 1 aromatic carbocycles. The van der Waals surface area contributed by atoms with Crippen molar-refractivity contribution < 1.29 is 13.2 Å². The standard InChI is InChI=1S/C14H21N3O3S.ClH/c1-14(6-3-7-14)13(18)17-11-4-2-5-12(10-11)21(19,20)16-9-8-15;/h2,4-5,10,16H,3,6-9,15H2,1H3,(H,17,18);1H. The average molecular weight is 348 g/mol. The third-order valence-corrected chi connectivity index (χ3v) is 5.30. The van der Waals surface area contributed by atoms with Crippen LogP contribution in [0.1, 0.15) is 26.2 Å². The zero-order chi connectivity index (χ0) is 15.5. The van der Waals surface area contributed by atoms with Crippen LogP contribution in [0.15, 0.2) is 29.2 Å². The molecule has 1 aliphatic carbocycles. The molecule has 0 spiro atoms. The van der Waals surface area contributed by atoms with Gasteiger partial charge in [0.15, 0.2) is 0 Å². The Balaban J connectivity index is 0.00000242. The molecule has 0 aliphatic heterocycles. The second-order valence-corrected chi connectivity index (χ2v) is 7.35. The molecule has 0 aromatic heterocycles. The van der Waals surface area contributed by atoms with Gasteiger partial charge in [0.25, 0.3) is 0 Å². The number of halogens is 1. The Labute approximate surface area is 137 Å². The van der Waals surface area contributed by atoms with Crippen LogP contribution in [-0.2, 0) is 14.8 Å². The van der Waals surface area contributed by atoms with Gasteiger partial charge >= 0.3 is 0 Å². The lowest BCUT2D eigenvalue weighted by Crippen LogP contribution is -2.39. The fraction of sp³-hybridized carbons (Fsp3) is 0.500. The van der Waals surface area contributed by atoms with E-state index in [1.54, 1.807) is 12.1 Å². The predicted octanol–water partition coefficient (Wildman–Crippen LogP) is 1.47. The molecule has 0 radical (unpaired) electrons. The first-order valence-corrected chi connectivity index (χ1v) is 8.47. The summed E-state index contributed by atoms with van der Waals surface area (Å²) in [4.78, 5) is 12.3. The van der Waals surface area contributed by atoms with Crippen LogP contribution in [0.3, 0.4) is 0 Å². The third kappa shape index (κ3) is 4.19. The normalized spacial score (nSPS) is 16.3. The van der Waals surface area contributed by atoms with Gasteiger partial charge in [0, 0.05) is 24.2 Å². The molecule has 0 unspecified atom stereocenters. The summed E-state index contributed by atoms with van der Waals surface area (Å²) in [6.07, 6.45) is 2.80. The van der Waals surface area contributed by atoms with Gasteiger partial charge in [0.1, 0.15) is 0 Å². The molecule has 1 amide bonds. The van der Waals surface area contributed by atoms with E-state index in [1.807, 2.05) is 6.92 Å². The fourth-order valence-corrected chi connectivity index (χ4v) is 3.33. The van der Waals surface area contributed by atoms with E-state index < -0.39 is 10.0 Å². The Morgan fingerprint density at radius 1 is 1.36 bits per heavy atom. The number of sulfonamides is 1. The summed E-state index contributed by atoms with van der Waals surface area (Å²) in [5.41, 5.74) is 5.46. The third-order valence-electron chi connectivity index (χ3n) is 3.84. The fourth-order valence-electron chi connectivity index (χ4n) is 2.23. The average Bonchev–Trinajstić information content (AvgIpc) is 2.43. The monoisotopic (exact) mass is 347 g/mol. The van der Waals surface area contributed by atoms with Crippen LogP contribution in [-0.4, -0.2) is 27.4 Å². The van der Waals surface area contributed by atoms with Crippen LogP contribution in [0.2, 0.25) is 0 Å². The van der Waals surface area contributed by atoms with Gasteiger partial charge in [0.05, 0.1) is 4.90 Å². The number of carbonyl (C=O) groups is 1. The molecule has 124 valence electrons. The van der Waals surface area contributed by atoms with Crippen molar-refractivity contribution in [3.63, 3.8) is 0 Å². The van der Waals surface area contributed by atoms with Crippen molar-refractivity contribution in [2.75, 3.05) is 18.4 Å². The van der Waals surface area contributed by atoms with Crippen LogP contribution >= 0.6 is 12.4 Å². The van der Waals surface area contributed by atoms with E-state index in [0.717, 1.165) is 19.3 Å². The van der Waals surface area contributed by atoms with Crippen molar-refractivity contribution in [3.8, 4) is 0 Å². The quantitative estimate of drug-likeness (QED) is 0.725. The Bertz CT molecular complexity index is 630. The van der Waals surface area contributed by atoms with Crippen molar-refractivity contribution in [2.24, 2.45) is 11.1 Å². The molecule has 6 nitrogen and oxygen atoms in total. The second-order valence-electron chi connectivity index (χ2n) is 5.58. The first kappa shape index (κ1) is 18.9. The number of amides is 1. The van der Waals surface area contributed by atoms with Gasteiger partial charge in [-0.1, -0.05) is 19.4 Å². The molecule has 2 rings (SSSR count). The van der Waals surface area contributed by atoms with E-state index in [1.165, 1.54) is 12.1 Å². The SMILES string of the molecule is CC1(C(=O)Nc2cccc(S(=O)(=O)NCCN)c2)CCC1.Cl. The van der Waals surface area contributed by atoms with Crippen molar-refractivity contribution in [1.29, 1.82) is 0 Å². The van der Waals surface area contributed by atoms with Gasteiger partial charge in [-0.3, -0.25) is 4.79 Å². The highest BCUT2D eigenvalue weighted by Gasteiger charge is 2.39. The number of hydrogen-bond donors (Lipinski definition) is 3. The molecule has 1 aromatic rings. The number of carbonyl (C=O) groups excluding carboxylic acids is 1. The number of nitrogens with one attached hydrogen (secondary N) is 2. The smallest absolute Gasteiger partial charge is 0.240 e. The summed E-state index contributed by atoms with van der Waals surface area (Å²) in [5, 5.41) is 2.80. The van der Waals surface area contributed by atoms with Crippen molar-refractivity contribution >= 4 is 34.0 Å². The highest BCUT2D eigenvalue weighted by atomic mass is 35.5. The van der Waals surface area contributed by atoms with Crippen molar-refractivity contribution in [2.45, 2.75) is 31.1 Å². The van der Waals surface area contributed by atoms with Crippen molar-refractivity contribution in [1.82, 2.24) is 4.72 Å². The van der Waals surface area contributed by atoms with Crippen LogP contribution in [0.5, 0.6) is 0 Å². The molecule has 4 N–H and O–H groups in total. The minimum Gasteiger partial charge on any atom is -0.329 e. The van der Waals surface area contributed by atoms with Gasteiger partial charge in [-0.2, -0.15) is 0 Å². The van der Waals surface area contributed by atoms with Gasteiger partial charge in [-0.25, -0.2) is 13.1 Å². The molecular weight excluding hydrogens is 326 g/mol. The highest BCUT2D eigenvalue weighted by Crippen LogP contribution is 2.41. The maximum atomic E-state index is 12.2. The van der Waals surface area contributed by atoms with E-state index in [-0.39, 0.29) is 41.7 Å². The molecule has 8 heteroatoms. The van der Waals surface area contributed by atoms with Crippen LogP contribution in [0, 0.1) is 5.41 Å². The predicted molar refractivity (Wildman–Crippen MR) is 88.5 cm³/mol.